The molecule has 0 radical (unpaired) electrons. The number of rotatable bonds is 4. The number of ether oxygens (including phenoxy) is 1. The third-order valence-electron chi connectivity index (χ3n) is 6.33. The van der Waals surface area contributed by atoms with Crippen LogP contribution in [0, 0.1) is 17.8 Å². The topological polar surface area (TPSA) is 64.3 Å². The van der Waals surface area contributed by atoms with Crippen LogP contribution < -0.4 is 15.8 Å². The molecule has 5 heteroatoms. The van der Waals surface area contributed by atoms with Crippen LogP contribution in [-0.4, -0.2) is 23.1 Å². The molecule has 25 heavy (non-hydrogen) atoms. The highest BCUT2D eigenvalue weighted by Crippen LogP contribution is 2.54. The summed E-state index contributed by atoms with van der Waals surface area (Å²) in [7, 11) is 0. The van der Waals surface area contributed by atoms with Gasteiger partial charge in [-0.3, -0.25) is 4.79 Å². The highest BCUT2D eigenvalue weighted by Gasteiger charge is 2.54. The molecule has 1 aromatic rings. The van der Waals surface area contributed by atoms with E-state index in [1.54, 1.807) is 12.1 Å². The Bertz CT molecular complexity index is 674. The molecule has 4 aliphatic rings. The van der Waals surface area contributed by atoms with Crippen LogP contribution in [0.4, 0.5) is 0 Å². The van der Waals surface area contributed by atoms with Crippen molar-refractivity contribution >= 4 is 17.5 Å². The first-order valence-corrected chi connectivity index (χ1v) is 9.66. The Morgan fingerprint density at radius 3 is 2.56 bits per heavy atom. The summed E-state index contributed by atoms with van der Waals surface area (Å²) in [6.07, 6.45) is 5.66. The van der Waals surface area contributed by atoms with Crippen molar-refractivity contribution in [2.24, 2.45) is 23.5 Å². The molecule has 1 amide bonds. The number of benzene rings is 1. The maximum absolute atomic E-state index is 12.9. The lowest BCUT2D eigenvalue weighted by atomic mass is 9.51. The molecule has 4 bridgehead atoms. The van der Waals surface area contributed by atoms with E-state index in [2.05, 4.69) is 5.32 Å². The smallest absolute Gasteiger partial charge is 0.263 e. The lowest BCUT2D eigenvalue weighted by molar-refractivity contribution is -0.138. The number of halogens is 1. The highest BCUT2D eigenvalue weighted by molar-refractivity contribution is 6.30. The second-order valence-corrected chi connectivity index (χ2v) is 9.34. The Labute approximate surface area is 154 Å². The molecule has 136 valence electrons. The summed E-state index contributed by atoms with van der Waals surface area (Å²) in [6, 6.07) is 7.41. The molecular weight excluding hydrogens is 336 g/mol. The monoisotopic (exact) mass is 362 g/mol. The SMILES string of the molecule is CC(C)(Oc1cccc(Cl)c1)C(=O)N[C@H]1[C@@H]2CC3C[C@H]1C[C@](N)(C3)C2. The molecule has 4 fully saturated rings. The van der Waals surface area contributed by atoms with Gasteiger partial charge in [0.05, 0.1) is 0 Å². The molecule has 3 N–H and O–H groups in total. The highest BCUT2D eigenvalue weighted by atomic mass is 35.5. The van der Waals surface area contributed by atoms with E-state index in [0.29, 0.717) is 22.6 Å². The summed E-state index contributed by atoms with van der Waals surface area (Å²) in [5, 5.41) is 3.90. The molecular formula is C20H27ClN2O2. The second-order valence-electron chi connectivity index (χ2n) is 8.90. The Kier molecular flexibility index (Phi) is 4.04. The predicted octanol–water partition coefficient (Wildman–Crippen LogP) is 3.52. The zero-order valence-electron chi connectivity index (χ0n) is 14.9. The van der Waals surface area contributed by atoms with E-state index < -0.39 is 5.60 Å². The fourth-order valence-electron chi connectivity index (χ4n) is 5.52. The van der Waals surface area contributed by atoms with Crippen LogP contribution in [0.2, 0.25) is 5.02 Å². The molecule has 0 saturated heterocycles. The Morgan fingerprint density at radius 2 is 1.96 bits per heavy atom. The number of carbonyl (C=O) groups is 1. The van der Waals surface area contributed by atoms with E-state index in [1.165, 1.54) is 19.3 Å². The fraction of sp³-hybridized carbons (Fsp3) is 0.650. The molecule has 0 aliphatic heterocycles. The van der Waals surface area contributed by atoms with Crippen LogP contribution in [0.5, 0.6) is 5.75 Å². The number of hydrogen-bond donors (Lipinski definition) is 2. The first-order valence-electron chi connectivity index (χ1n) is 9.29. The van der Waals surface area contributed by atoms with E-state index in [1.807, 2.05) is 26.0 Å². The van der Waals surface area contributed by atoms with E-state index in [-0.39, 0.29) is 17.5 Å². The number of nitrogens with one attached hydrogen (secondary N) is 1. The van der Waals surface area contributed by atoms with Crippen LogP contribution in [0.25, 0.3) is 0 Å². The number of hydrogen-bond acceptors (Lipinski definition) is 3. The van der Waals surface area contributed by atoms with Gasteiger partial charge in [-0.15, -0.1) is 0 Å². The Hall–Kier alpha value is -1.26. The molecule has 0 spiro atoms. The first-order chi connectivity index (χ1) is 11.7. The van der Waals surface area contributed by atoms with Crippen molar-refractivity contribution in [3.63, 3.8) is 0 Å². The summed E-state index contributed by atoms with van der Waals surface area (Å²) >= 11 is 6.01. The van der Waals surface area contributed by atoms with E-state index in [4.69, 9.17) is 22.1 Å². The molecule has 0 heterocycles. The van der Waals surface area contributed by atoms with Crippen molar-refractivity contribution in [2.75, 3.05) is 0 Å². The third kappa shape index (κ3) is 3.26. The van der Waals surface area contributed by atoms with E-state index in [0.717, 1.165) is 18.8 Å². The van der Waals surface area contributed by atoms with Gasteiger partial charge in [0.2, 0.25) is 0 Å². The molecule has 5 atom stereocenters. The number of amides is 1. The second kappa shape index (κ2) is 5.88. The van der Waals surface area contributed by atoms with Crippen molar-refractivity contribution < 1.29 is 9.53 Å². The van der Waals surface area contributed by atoms with Gasteiger partial charge >= 0.3 is 0 Å². The molecule has 4 aliphatic carbocycles. The van der Waals surface area contributed by atoms with Gasteiger partial charge in [0.25, 0.3) is 5.91 Å². The average molecular weight is 363 g/mol. The summed E-state index contributed by atoms with van der Waals surface area (Å²) in [5.74, 6) is 2.34. The van der Waals surface area contributed by atoms with E-state index >= 15 is 0 Å². The van der Waals surface area contributed by atoms with Gasteiger partial charge < -0.3 is 15.8 Å². The van der Waals surface area contributed by atoms with E-state index in [9.17, 15) is 4.79 Å². The van der Waals surface area contributed by atoms with Crippen LogP contribution in [0.3, 0.4) is 0 Å². The molecule has 1 aromatic carbocycles. The standard InChI is InChI=1S/C20H27ClN2O2/c1-19(2,25-16-5-3-4-15(21)8-16)18(24)23-17-13-6-12-7-14(17)11-20(22,9-12)10-13/h3-5,8,12-14,17H,6-7,9-11,22H2,1-2H3,(H,23,24)/t12?,13-,14+,17+,20+. The maximum Gasteiger partial charge on any atom is 0.263 e. The zero-order valence-corrected chi connectivity index (χ0v) is 15.7. The van der Waals surface area contributed by atoms with Crippen LogP contribution in [0.1, 0.15) is 46.0 Å². The Balaban J connectivity index is 1.44. The number of nitrogens with two attached hydrogens (primary N) is 1. The summed E-state index contributed by atoms with van der Waals surface area (Å²) in [6.45, 7) is 3.62. The first kappa shape index (κ1) is 17.2. The summed E-state index contributed by atoms with van der Waals surface area (Å²) in [5.41, 5.74) is 5.64. The number of carbonyl (C=O) groups excluding carboxylic acids is 1. The van der Waals surface area contributed by atoms with Crippen molar-refractivity contribution in [1.82, 2.24) is 5.32 Å². The van der Waals surface area contributed by atoms with Gasteiger partial charge in [0, 0.05) is 16.6 Å². The van der Waals surface area contributed by atoms with Crippen molar-refractivity contribution in [3.8, 4) is 5.75 Å². The maximum atomic E-state index is 12.9. The third-order valence-corrected chi connectivity index (χ3v) is 6.57. The van der Waals surface area contributed by atoms with Gasteiger partial charge in [-0.25, -0.2) is 0 Å². The van der Waals surface area contributed by atoms with Gasteiger partial charge in [-0.2, -0.15) is 0 Å². The summed E-state index contributed by atoms with van der Waals surface area (Å²) < 4.78 is 5.94. The zero-order chi connectivity index (χ0) is 17.8. The van der Waals surface area contributed by atoms with Gasteiger partial charge in [-0.05, 0) is 81.9 Å². The quantitative estimate of drug-likeness (QED) is 0.861. The lowest BCUT2D eigenvalue weighted by Crippen LogP contribution is -2.66. The average Bonchev–Trinajstić information content (AvgIpc) is 2.48. The minimum Gasteiger partial charge on any atom is -0.478 e. The normalized spacial score (nSPS) is 36.3. The van der Waals surface area contributed by atoms with Gasteiger partial charge in [0.1, 0.15) is 5.75 Å². The minimum atomic E-state index is -0.945. The van der Waals surface area contributed by atoms with Crippen LogP contribution >= 0.6 is 11.6 Å². The van der Waals surface area contributed by atoms with Crippen molar-refractivity contribution in [1.29, 1.82) is 0 Å². The lowest BCUT2D eigenvalue weighted by Gasteiger charge is -2.59. The minimum absolute atomic E-state index is 0.0184. The van der Waals surface area contributed by atoms with Crippen LogP contribution in [-0.2, 0) is 4.79 Å². The van der Waals surface area contributed by atoms with Crippen molar-refractivity contribution in [2.45, 2.75) is 63.1 Å². The molecule has 4 saturated carbocycles. The van der Waals surface area contributed by atoms with Gasteiger partial charge in [-0.1, -0.05) is 17.7 Å². The van der Waals surface area contributed by atoms with Crippen LogP contribution in [0.15, 0.2) is 24.3 Å². The molecule has 1 unspecified atom stereocenters. The van der Waals surface area contributed by atoms with Crippen molar-refractivity contribution in [3.05, 3.63) is 29.3 Å². The van der Waals surface area contributed by atoms with Gasteiger partial charge in [0.15, 0.2) is 5.60 Å². The predicted molar refractivity (Wildman–Crippen MR) is 98.6 cm³/mol. The summed E-state index contributed by atoms with van der Waals surface area (Å²) in [4.78, 5) is 12.9. The fourth-order valence-corrected chi connectivity index (χ4v) is 5.70. The largest absolute Gasteiger partial charge is 0.478 e. The molecule has 5 rings (SSSR count). The molecule has 0 aromatic heterocycles. The Morgan fingerprint density at radius 1 is 1.28 bits per heavy atom. The molecule has 4 nitrogen and oxygen atoms in total.